The zero-order valence-electron chi connectivity index (χ0n) is 10.0. The van der Waals surface area contributed by atoms with E-state index >= 15 is 0 Å². The fourth-order valence-corrected chi connectivity index (χ4v) is 4.45. The summed E-state index contributed by atoms with van der Waals surface area (Å²) in [5.74, 6) is 3.09. The normalized spacial score (nSPS) is 19.4. The van der Waals surface area contributed by atoms with E-state index in [9.17, 15) is 4.79 Å². The lowest BCUT2D eigenvalue weighted by molar-refractivity contribution is 0.100. The molecule has 0 saturated carbocycles. The van der Waals surface area contributed by atoms with Crippen molar-refractivity contribution in [3.63, 3.8) is 0 Å². The topological polar surface area (TPSA) is 81.1 Å². The maximum Gasteiger partial charge on any atom is 0.250 e. The number of primary amides is 1. The van der Waals surface area contributed by atoms with Gasteiger partial charge in [-0.3, -0.25) is 4.79 Å². The monoisotopic (exact) mass is 283 g/mol. The van der Waals surface area contributed by atoms with Crippen molar-refractivity contribution in [3.8, 4) is 0 Å². The molecule has 0 aliphatic carbocycles. The Hall–Kier alpha value is -1.01. The van der Waals surface area contributed by atoms with Crippen LogP contribution >= 0.6 is 23.5 Å². The van der Waals surface area contributed by atoms with Gasteiger partial charge in [0.1, 0.15) is 0 Å². The van der Waals surface area contributed by atoms with Gasteiger partial charge >= 0.3 is 0 Å². The maximum atomic E-state index is 11.3. The van der Waals surface area contributed by atoms with Crippen molar-refractivity contribution < 1.29 is 4.79 Å². The summed E-state index contributed by atoms with van der Waals surface area (Å²) in [7, 11) is 0. The van der Waals surface area contributed by atoms with Crippen LogP contribution in [0.3, 0.4) is 0 Å². The molecule has 98 valence electrons. The third kappa shape index (κ3) is 3.26. The Bertz CT molecular complexity index is 433. The Morgan fingerprint density at radius 3 is 2.94 bits per heavy atom. The average molecular weight is 283 g/mol. The van der Waals surface area contributed by atoms with Crippen LogP contribution in [0.15, 0.2) is 18.2 Å². The van der Waals surface area contributed by atoms with Gasteiger partial charge in [-0.1, -0.05) is 6.07 Å². The number of nitrogens with two attached hydrogens (primary N) is 2. The molecule has 1 aliphatic rings. The van der Waals surface area contributed by atoms with Gasteiger partial charge in [-0.15, -0.1) is 0 Å². The highest BCUT2D eigenvalue weighted by Gasteiger charge is 2.16. The van der Waals surface area contributed by atoms with Crippen LogP contribution in [0, 0.1) is 0 Å². The molecule has 1 amide bonds. The first kappa shape index (κ1) is 13.4. The Balaban J connectivity index is 2.05. The highest BCUT2D eigenvalue weighted by atomic mass is 32.2. The zero-order chi connectivity index (χ0) is 13.0. The molecule has 1 heterocycles. The van der Waals surface area contributed by atoms with Crippen molar-refractivity contribution in [2.45, 2.75) is 5.25 Å². The van der Waals surface area contributed by atoms with Gasteiger partial charge in [0.2, 0.25) is 0 Å². The van der Waals surface area contributed by atoms with E-state index in [1.807, 2.05) is 23.5 Å². The lowest BCUT2D eigenvalue weighted by Crippen LogP contribution is -2.25. The summed E-state index contributed by atoms with van der Waals surface area (Å²) in [6.07, 6.45) is 0. The van der Waals surface area contributed by atoms with Gasteiger partial charge in [0.25, 0.3) is 5.91 Å². The third-order valence-corrected chi connectivity index (χ3v) is 5.60. The van der Waals surface area contributed by atoms with Gasteiger partial charge in [0, 0.05) is 29.1 Å². The van der Waals surface area contributed by atoms with Crippen molar-refractivity contribution in [1.29, 1.82) is 0 Å². The third-order valence-electron chi connectivity index (χ3n) is 2.75. The predicted octanol–water partition coefficient (Wildman–Crippen LogP) is 1.63. The zero-order valence-corrected chi connectivity index (χ0v) is 11.7. The van der Waals surface area contributed by atoms with E-state index in [-0.39, 0.29) is 0 Å². The molecular formula is C12H17N3OS2. The second-order valence-electron chi connectivity index (χ2n) is 4.08. The Labute approximate surface area is 115 Å². The fraction of sp³-hybridized carbons (Fsp3) is 0.417. The number of amides is 1. The van der Waals surface area contributed by atoms with E-state index in [2.05, 4.69) is 5.32 Å². The second kappa shape index (κ2) is 6.24. The first-order valence-electron chi connectivity index (χ1n) is 5.80. The van der Waals surface area contributed by atoms with Gasteiger partial charge in [0.05, 0.1) is 16.9 Å². The predicted molar refractivity (Wildman–Crippen MR) is 81.4 cm³/mol. The first-order valence-corrected chi connectivity index (χ1v) is 8.00. The van der Waals surface area contributed by atoms with Crippen LogP contribution in [0.4, 0.5) is 11.4 Å². The van der Waals surface area contributed by atoms with E-state index in [1.54, 1.807) is 18.2 Å². The molecule has 0 spiro atoms. The maximum absolute atomic E-state index is 11.3. The molecule has 1 aliphatic heterocycles. The van der Waals surface area contributed by atoms with E-state index in [4.69, 9.17) is 11.5 Å². The molecule has 1 unspecified atom stereocenters. The number of benzene rings is 1. The van der Waals surface area contributed by atoms with Crippen molar-refractivity contribution in [2.75, 3.05) is 34.9 Å². The summed E-state index contributed by atoms with van der Waals surface area (Å²) in [6, 6.07) is 5.22. The lowest BCUT2D eigenvalue weighted by Gasteiger charge is -2.22. The Kier molecular flexibility index (Phi) is 4.66. The standard InChI is InChI=1S/C12H17N3OS2/c13-10-3-1-2-9(12(14)16)11(10)15-6-8-7-17-4-5-18-8/h1-3,8,15H,4-7,13H2,(H2,14,16). The second-order valence-corrected chi connectivity index (χ2v) is 6.64. The molecule has 6 heteroatoms. The van der Waals surface area contributed by atoms with E-state index in [0.29, 0.717) is 22.2 Å². The van der Waals surface area contributed by atoms with Crippen molar-refractivity contribution >= 4 is 40.8 Å². The molecule has 1 atom stereocenters. The number of para-hydroxylation sites is 1. The molecule has 18 heavy (non-hydrogen) atoms. The molecule has 0 bridgehead atoms. The molecule has 1 aromatic carbocycles. The number of rotatable bonds is 4. The van der Waals surface area contributed by atoms with E-state index in [0.717, 1.165) is 12.3 Å². The van der Waals surface area contributed by atoms with Crippen LogP contribution in [-0.2, 0) is 0 Å². The van der Waals surface area contributed by atoms with Crippen LogP contribution in [0.1, 0.15) is 10.4 Å². The minimum atomic E-state index is -0.449. The molecule has 4 nitrogen and oxygen atoms in total. The number of anilines is 2. The molecule has 0 aromatic heterocycles. The van der Waals surface area contributed by atoms with Crippen LogP contribution in [0.25, 0.3) is 0 Å². The summed E-state index contributed by atoms with van der Waals surface area (Å²) in [5, 5.41) is 3.83. The first-order chi connectivity index (χ1) is 8.68. The van der Waals surface area contributed by atoms with E-state index in [1.165, 1.54) is 11.5 Å². The average Bonchev–Trinajstić information content (AvgIpc) is 2.38. The smallest absolute Gasteiger partial charge is 0.250 e. The number of thioether (sulfide) groups is 2. The van der Waals surface area contributed by atoms with Crippen molar-refractivity contribution in [3.05, 3.63) is 23.8 Å². The number of carbonyl (C=O) groups excluding carboxylic acids is 1. The molecule has 1 saturated heterocycles. The lowest BCUT2D eigenvalue weighted by atomic mass is 10.1. The van der Waals surface area contributed by atoms with Gasteiger partial charge in [0.15, 0.2) is 0 Å². The van der Waals surface area contributed by atoms with Crippen LogP contribution in [-0.4, -0.2) is 35.0 Å². The Morgan fingerprint density at radius 2 is 2.28 bits per heavy atom. The summed E-state index contributed by atoms with van der Waals surface area (Å²) < 4.78 is 0. The van der Waals surface area contributed by atoms with Crippen molar-refractivity contribution in [2.24, 2.45) is 5.73 Å². The molecular weight excluding hydrogens is 266 g/mol. The number of nitrogens with one attached hydrogen (secondary N) is 1. The SMILES string of the molecule is NC(=O)c1cccc(N)c1NCC1CSCCS1. The van der Waals surface area contributed by atoms with Crippen molar-refractivity contribution in [1.82, 2.24) is 0 Å². The van der Waals surface area contributed by atoms with Gasteiger partial charge < -0.3 is 16.8 Å². The molecule has 1 aromatic rings. The number of hydrogen-bond acceptors (Lipinski definition) is 5. The minimum Gasteiger partial charge on any atom is -0.397 e. The summed E-state index contributed by atoms with van der Waals surface area (Å²) in [6.45, 7) is 0.812. The van der Waals surface area contributed by atoms with Crippen LogP contribution in [0.5, 0.6) is 0 Å². The summed E-state index contributed by atoms with van der Waals surface area (Å²) >= 11 is 3.93. The Morgan fingerprint density at radius 1 is 1.44 bits per heavy atom. The summed E-state index contributed by atoms with van der Waals surface area (Å²) in [5.41, 5.74) is 12.9. The number of carbonyl (C=O) groups is 1. The highest BCUT2D eigenvalue weighted by molar-refractivity contribution is 8.06. The molecule has 2 rings (SSSR count). The summed E-state index contributed by atoms with van der Waals surface area (Å²) in [4.78, 5) is 11.3. The van der Waals surface area contributed by atoms with Crippen LogP contribution < -0.4 is 16.8 Å². The minimum absolute atomic E-state index is 0.449. The largest absolute Gasteiger partial charge is 0.397 e. The van der Waals surface area contributed by atoms with E-state index < -0.39 is 5.91 Å². The van der Waals surface area contributed by atoms with Gasteiger partial charge in [-0.2, -0.15) is 23.5 Å². The molecule has 5 N–H and O–H groups in total. The number of nitrogen functional groups attached to an aromatic ring is 1. The molecule has 1 fully saturated rings. The van der Waals surface area contributed by atoms with Gasteiger partial charge in [-0.05, 0) is 12.1 Å². The number of hydrogen-bond donors (Lipinski definition) is 3. The van der Waals surface area contributed by atoms with Crippen LogP contribution in [0.2, 0.25) is 0 Å². The van der Waals surface area contributed by atoms with Gasteiger partial charge in [-0.25, -0.2) is 0 Å². The highest BCUT2D eigenvalue weighted by Crippen LogP contribution is 2.27. The fourth-order valence-electron chi connectivity index (χ4n) is 1.84. The quantitative estimate of drug-likeness (QED) is 0.732. The molecule has 0 radical (unpaired) electrons.